The minimum Gasteiger partial charge on any atom is -0.395 e. The highest BCUT2D eigenvalue weighted by Gasteiger charge is 2.09. The average Bonchev–Trinajstić information content (AvgIpc) is 3.06. The molecule has 0 saturated heterocycles. The van der Waals surface area contributed by atoms with Crippen molar-refractivity contribution in [2.75, 3.05) is 6.61 Å². The molecule has 2 heterocycles. The predicted octanol–water partition coefficient (Wildman–Crippen LogP) is 0.540. The minimum absolute atomic E-state index is 0.0451. The monoisotopic (exact) mass is 290 g/mol. The molecule has 2 rings (SSSR count). The number of amides is 1. The van der Waals surface area contributed by atoms with E-state index in [0.717, 1.165) is 4.88 Å². The number of nitrogens with one attached hydrogen (secondary N) is 1. The summed E-state index contributed by atoms with van der Waals surface area (Å²) >= 11 is 1.32. The van der Waals surface area contributed by atoms with E-state index < -0.39 is 0 Å². The first kappa shape index (κ1) is 14.2. The van der Waals surface area contributed by atoms with Gasteiger partial charge in [0, 0.05) is 13.5 Å². The fourth-order valence-electron chi connectivity index (χ4n) is 1.45. The van der Waals surface area contributed by atoms with Gasteiger partial charge in [-0.15, -0.1) is 21.5 Å². The zero-order valence-electron chi connectivity index (χ0n) is 11.0. The van der Waals surface area contributed by atoms with Crippen LogP contribution in [-0.4, -0.2) is 32.4 Å². The van der Waals surface area contributed by atoms with Gasteiger partial charge in [-0.25, -0.2) is 0 Å². The fourth-order valence-corrected chi connectivity index (χ4v) is 2.24. The van der Waals surface area contributed by atoms with Gasteiger partial charge in [-0.2, -0.15) is 0 Å². The summed E-state index contributed by atoms with van der Waals surface area (Å²) < 4.78 is 1.75. The van der Waals surface area contributed by atoms with Crippen LogP contribution >= 0.6 is 11.3 Å². The molecule has 2 aromatic heterocycles. The molecule has 0 spiro atoms. The summed E-state index contributed by atoms with van der Waals surface area (Å²) in [6.45, 7) is 0.377. The Labute approximate surface area is 120 Å². The lowest BCUT2D eigenvalue weighted by Gasteiger charge is -2.02. The van der Waals surface area contributed by atoms with Crippen molar-refractivity contribution in [2.45, 2.75) is 13.0 Å². The van der Waals surface area contributed by atoms with E-state index in [0.29, 0.717) is 23.7 Å². The molecule has 0 aliphatic carbocycles. The Morgan fingerprint density at radius 2 is 2.40 bits per heavy atom. The SMILES string of the molecule is Cn1cnnc1CNC(=O)c1ccc(C#CCCO)s1. The average molecular weight is 290 g/mol. The van der Waals surface area contributed by atoms with E-state index in [1.165, 1.54) is 11.3 Å². The maximum Gasteiger partial charge on any atom is 0.261 e. The Hall–Kier alpha value is -2.17. The van der Waals surface area contributed by atoms with Crippen molar-refractivity contribution < 1.29 is 9.90 Å². The summed E-state index contributed by atoms with van der Waals surface area (Å²) in [6, 6.07) is 3.53. The van der Waals surface area contributed by atoms with Crippen molar-refractivity contribution in [3.63, 3.8) is 0 Å². The van der Waals surface area contributed by atoms with Crippen LogP contribution in [0.1, 0.15) is 26.8 Å². The number of carbonyl (C=O) groups excluding carboxylic acids is 1. The zero-order valence-corrected chi connectivity index (χ0v) is 11.8. The summed E-state index contributed by atoms with van der Waals surface area (Å²) in [5.41, 5.74) is 0. The first-order valence-corrected chi connectivity index (χ1v) is 6.83. The van der Waals surface area contributed by atoms with Crippen LogP contribution in [0.25, 0.3) is 0 Å². The Balaban J connectivity index is 1.93. The number of hydrogen-bond acceptors (Lipinski definition) is 5. The highest BCUT2D eigenvalue weighted by atomic mass is 32.1. The van der Waals surface area contributed by atoms with E-state index >= 15 is 0 Å². The number of rotatable bonds is 4. The van der Waals surface area contributed by atoms with Gasteiger partial charge in [0.1, 0.15) is 6.33 Å². The van der Waals surface area contributed by atoms with E-state index in [9.17, 15) is 4.79 Å². The molecule has 7 heteroatoms. The van der Waals surface area contributed by atoms with Gasteiger partial charge in [0.05, 0.1) is 22.9 Å². The van der Waals surface area contributed by atoms with Gasteiger partial charge in [0.15, 0.2) is 5.82 Å². The number of aliphatic hydroxyl groups excluding tert-OH is 1. The van der Waals surface area contributed by atoms with Crippen molar-refractivity contribution in [3.8, 4) is 11.8 Å². The number of nitrogens with zero attached hydrogens (tertiary/aromatic N) is 3. The lowest BCUT2D eigenvalue weighted by molar-refractivity contribution is 0.0953. The standard InChI is InChI=1S/C13H14N4O2S/c1-17-9-15-16-12(17)8-14-13(19)11-6-5-10(20-11)4-2-3-7-18/h5-6,9,18H,3,7-8H2,1H3,(H,14,19). The number of thiophene rings is 1. The Kier molecular flexibility index (Phi) is 4.87. The largest absolute Gasteiger partial charge is 0.395 e. The highest BCUT2D eigenvalue weighted by Crippen LogP contribution is 2.15. The van der Waals surface area contributed by atoms with Gasteiger partial charge in [0.2, 0.25) is 0 Å². The molecule has 0 saturated carbocycles. The van der Waals surface area contributed by atoms with Crippen LogP contribution in [0.3, 0.4) is 0 Å². The first-order chi connectivity index (χ1) is 9.70. The molecule has 0 radical (unpaired) electrons. The van der Waals surface area contributed by atoms with Crippen LogP contribution in [0.5, 0.6) is 0 Å². The normalized spacial score (nSPS) is 9.90. The van der Waals surface area contributed by atoms with Crippen LogP contribution < -0.4 is 5.32 Å². The van der Waals surface area contributed by atoms with E-state index in [4.69, 9.17) is 5.11 Å². The predicted molar refractivity (Wildman–Crippen MR) is 75.1 cm³/mol. The fraction of sp³-hybridized carbons (Fsp3) is 0.308. The lowest BCUT2D eigenvalue weighted by atomic mass is 10.4. The molecule has 0 aliphatic heterocycles. The van der Waals surface area contributed by atoms with Crippen LogP contribution in [-0.2, 0) is 13.6 Å². The van der Waals surface area contributed by atoms with Crippen molar-refractivity contribution in [3.05, 3.63) is 34.0 Å². The van der Waals surface area contributed by atoms with Crippen molar-refractivity contribution >= 4 is 17.2 Å². The first-order valence-electron chi connectivity index (χ1n) is 6.01. The van der Waals surface area contributed by atoms with Gasteiger partial charge in [-0.3, -0.25) is 4.79 Å². The second-order valence-electron chi connectivity index (χ2n) is 3.98. The maximum atomic E-state index is 11.9. The molecule has 0 unspecified atom stereocenters. The number of aromatic nitrogens is 3. The smallest absolute Gasteiger partial charge is 0.261 e. The van der Waals surface area contributed by atoms with Gasteiger partial charge in [-0.1, -0.05) is 11.8 Å². The molecule has 104 valence electrons. The van der Waals surface area contributed by atoms with Gasteiger partial charge >= 0.3 is 0 Å². The molecule has 2 aromatic rings. The Morgan fingerprint density at radius 1 is 1.55 bits per heavy atom. The summed E-state index contributed by atoms with van der Waals surface area (Å²) in [4.78, 5) is 13.4. The zero-order chi connectivity index (χ0) is 14.4. The second kappa shape index (κ2) is 6.84. The molecular weight excluding hydrogens is 276 g/mol. The third kappa shape index (κ3) is 3.66. The van der Waals surface area contributed by atoms with Crippen molar-refractivity contribution in [1.29, 1.82) is 0 Å². The molecule has 0 bridgehead atoms. The van der Waals surface area contributed by atoms with Crippen LogP contribution in [0.2, 0.25) is 0 Å². The summed E-state index contributed by atoms with van der Waals surface area (Å²) in [6.07, 6.45) is 2.02. The topological polar surface area (TPSA) is 80.0 Å². The molecule has 1 amide bonds. The molecule has 20 heavy (non-hydrogen) atoms. The van der Waals surface area contributed by atoms with E-state index in [-0.39, 0.29) is 12.5 Å². The quantitative estimate of drug-likeness (QED) is 0.806. The summed E-state index contributed by atoms with van der Waals surface area (Å²) in [7, 11) is 1.82. The van der Waals surface area contributed by atoms with Crippen LogP contribution in [0.15, 0.2) is 18.5 Å². The number of aliphatic hydroxyl groups is 1. The van der Waals surface area contributed by atoms with Gasteiger partial charge in [0.25, 0.3) is 5.91 Å². The minimum atomic E-state index is -0.159. The van der Waals surface area contributed by atoms with Gasteiger partial charge in [-0.05, 0) is 12.1 Å². The third-order valence-corrected chi connectivity index (χ3v) is 3.49. The van der Waals surface area contributed by atoms with E-state index in [2.05, 4.69) is 27.4 Å². The molecule has 2 N–H and O–H groups in total. The van der Waals surface area contributed by atoms with Crippen LogP contribution in [0, 0.1) is 11.8 Å². The number of hydrogen-bond donors (Lipinski definition) is 2. The molecule has 0 atom stereocenters. The Morgan fingerprint density at radius 3 is 3.10 bits per heavy atom. The van der Waals surface area contributed by atoms with E-state index in [1.807, 2.05) is 7.05 Å². The van der Waals surface area contributed by atoms with Crippen molar-refractivity contribution in [2.24, 2.45) is 7.05 Å². The molecule has 0 fully saturated rings. The second-order valence-corrected chi connectivity index (χ2v) is 5.06. The molecule has 6 nitrogen and oxygen atoms in total. The van der Waals surface area contributed by atoms with Crippen molar-refractivity contribution in [1.82, 2.24) is 20.1 Å². The van der Waals surface area contributed by atoms with E-state index in [1.54, 1.807) is 23.0 Å². The number of carbonyl (C=O) groups is 1. The van der Waals surface area contributed by atoms with Gasteiger partial charge < -0.3 is 15.0 Å². The summed E-state index contributed by atoms with van der Waals surface area (Å²) in [5.74, 6) is 6.26. The van der Waals surface area contributed by atoms with Crippen LogP contribution in [0.4, 0.5) is 0 Å². The lowest BCUT2D eigenvalue weighted by Crippen LogP contribution is -2.23. The molecular formula is C13H14N4O2S. The summed E-state index contributed by atoms with van der Waals surface area (Å²) in [5, 5.41) is 19.1. The Bertz CT molecular complexity index is 651. The molecule has 0 aromatic carbocycles. The third-order valence-electron chi connectivity index (χ3n) is 2.49. The maximum absolute atomic E-state index is 11.9. The highest BCUT2D eigenvalue weighted by molar-refractivity contribution is 7.14. The molecule has 0 aliphatic rings. The number of aryl methyl sites for hydroxylation is 1.